The van der Waals surface area contributed by atoms with Crippen LogP contribution < -0.4 is 15.0 Å². The van der Waals surface area contributed by atoms with Gasteiger partial charge in [-0.15, -0.1) is 0 Å². The molecule has 0 saturated carbocycles. The summed E-state index contributed by atoms with van der Waals surface area (Å²) in [7, 11) is 1.66. The van der Waals surface area contributed by atoms with E-state index in [1.807, 2.05) is 42.5 Å². The number of nitrogens with zero attached hydrogens (tertiary/aromatic N) is 2. The smallest absolute Gasteiger partial charge is 0.251 e. The molecule has 1 saturated heterocycles. The molecule has 5 nitrogen and oxygen atoms in total. The van der Waals surface area contributed by atoms with E-state index in [1.54, 1.807) is 7.11 Å². The Kier molecular flexibility index (Phi) is 7.40. The molecule has 0 radical (unpaired) electrons. The van der Waals surface area contributed by atoms with Crippen molar-refractivity contribution in [2.45, 2.75) is 32.9 Å². The standard InChI is InChI=1S/C23H30ClN3O2/c1-4-26(5-2)15-17-6-8-18(9-7-17)23(28)25-20-12-13-27(16-20)21-14-19(24)10-11-22(21)29-3/h6-11,14,20H,4-5,12-13,15-16H2,1-3H3,(H,25,28). The normalized spacial score (nSPS) is 16.3. The molecule has 1 amide bonds. The molecule has 1 fully saturated rings. The third kappa shape index (κ3) is 5.43. The Morgan fingerprint density at radius 2 is 1.93 bits per heavy atom. The van der Waals surface area contributed by atoms with Gasteiger partial charge in [-0.1, -0.05) is 37.6 Å². The maximum absolute atomic E-state index is 12.7. The van der Waals surface area contributed by atoms with E-state index in [2.05, 4.69) is 29.0 Å². The van der Waals surface area contributed by atoms with E-state index in [-0.39, 0.29) is 11.9 Å². The molecular weight excluding hydrogens is 386 g/mol. The predicted octanol–water partition coefficient (Wildman–Crippen LogP) is 4.20. The molecule has 1 unspecified atom stereocenters. The first-order valence-electron chi connectivity index (χ1n) is 10.2. The van der Waals surface area contributed by atoms with Gasteiger partial charge in [0, 0.05) is 36.3 Å². The van der Waals surface area contributed by atoms with Crippen molar-refractivity contribution in [2.75, 3.05) is 38.2 Å². The number of halogens is 1. The van der Waals surface area contributed by atoms with Gasteiger partial charge in [0.2, 0.25) is 0 Å². The fourth-order valence-electron chi connectivity index (χ4n) is 3.74. The predicted molar refractivity (Wildman–Crippen MR) is 119 cm³/mol. The van der Waals surface area contributed by atoms with E-state index >= 15 is 0 Å². The van der Waals surface area contributed by atoms with Crippen molar-refractivity contribution >= 4 is 23.2 Å². The lowest BCUT2D eigenvalue weighted by Crippen LogP contribution is -2.37. The van der Waals surface area contributed by atoms with Gasteiger partial charge in [-0.05, 0) is 55.4 Å². The second kappa shape index (κ2) is 9.99. The molecule has 0 aliphatic carbocycles. The SMILES string of the molecule is CCN(CC)Cc1ccc(C(=O)NC2CCN(c3cc(Cl)ccc3OC)C2)cc1. The Balaban J connectivity index is 1.59. The molecule has 156 valence electrons. The van der Waals surface area contributed by atoms with Crippen LogP contribution in [0, 0.1) is 0 Å². The number of anilines is 1. The van der Waals surface area contributed by atoms with Crippen LogP contribution in [0.4, 0.5) is 5.69 Å². The zero-order valence-corrected chi connectivity index (χ0v) is 18.2. The van der Waals surface area contributed by atoms with Crippen LogP contribution in [0.2, 0.25) is 5.02 Å². The van der Waals surface area contributed by atoms with E-state index in [1.165, 1.54) is 5.56 Å². The number of benzene rings is 2. The van der Waals surface area contributed by atoms with Crippen LogP contribution in [0.3, 0.4) is 0 Å². The zero-order valence-electron chi connectivity index (χ0n) is 17.5. The van der Waals surface area contributed by atoms with Crippen molar-refractivity contribution in [1.29, 1.82) is 0 Å². The maximum Gasteiger partial charge on any atom is 0.251 e. The van der Waals surface area contributed by atoms with Gasteiger partial charge in [0.05, 0.1) is 12.8 Å². The number of rotatable bonds is 8. The van der Waals surface area contributed by atoms with Crippen molar-refractivity contribution in [3.8, 4) is 5.75 Å². The molecule has 1 aliphatic rings. The number of carbonyl (C=O) groups excluding carboxylic acids is 1. The van der Waals surface area contributed by atoms with Crippen molar-refractivity contribution in [3.05, 3.63) is 58.6 Å². The lowest BCUT2D eigenvalue weighted by molar-refractivity contribution is 0.0940. The van der Waals surface area contributed by atoms with Gasteiger partial charge in [0.1, 0.15) is 5.75 Å². The highest BCUT2D eigenvalue weighted by Gasteiger charge is 2.26. The van der Waals surface area contributed by atoms with Gasteiger partial charge < -0.3 is 15.0 Å². The lowest BCUT2D eigenvalue weighted by Gasteiger charge is -2.22. The van der Waals surface area contributed by atoms with E-state index in [0.29, 0.717) is 10.6 Å². The molecule has 2 aromatic carbocycles. The van der Waals surface area contributed by atoms with Crippen LogP contribution in [-0.4, -0.2) is 50.1 Å². The summed E-state index contributed by atoms with van der Waals surface area (Å²) in [5.41, 5.74) is 2.90. The second-order valence-corrected chi connectivity index (χ2v) is 7.82. The Bertz CT molecular complexity index is 821. The molecule has 0 spiro atoms. The van der Waals surface area contributed by atoms with Gasteiger partial charge in [-0.2, -0.15) is 0 Å². The largest absolute Gasteiger partial charge is 0.495 e. The van der Waals surface area contributed by atoms with Crippen LogP contribution in [0.1, 0.15) is 36.2 Å². The molecule has 3 rings (SSSR count). The molecule has 1 atom stereocenters. The Morgan fingerprint density at radius 3 is 2.59 bits per heavy atom. The molecular formula is C23H30ClN3O2. The summed E-state index contributed by atoms with van der Waals surface area (Å²) < 4.78 is 5.46. The van der Waals surface area contributed by atoms with Crippen LogP contribution in [-0.2, 0) is 6.54 Å². The highest BCUT2D eigenvalue weighted by atomic mass is 35.5. The van der Waals surface area contributed by atoms with E-state index < -0.39 is 0 Å². The topological polar surface area (TPSA) is 44.8 Å². The molecule has 0 bridgehead atoms. The first-order valence-corrected chi connectivity index (χ1v) is 10.6. The number of carbonyl (C=O) groups is 1. The minimum Gasteiger partial charge on any atom is -0.495 e. The first kappa shape index (κ1) is 21.5. The summed E-state index contributed by atoms with van der Waals surface area (Å²) >= 11 is 6.16. The number of methoxy groups -OCH3 is 1. The Hall–Kier alpha value is -2.24. The molecule has 2 aromatic rings. The fraction of sp³-hybridized carbons (Fsp3) is 0.435. The average molecular weight is 416 g/mol. The van der Waals surface area contributed by atoms with Crippen LogP contribution in [0.15, 0.2) is 42.5 Å². The zero-order chi connectivity index (χ0) is 20.8. The molecule has 29 heavy (non-hydrogen) atoms. The molecule has 1 N–H and O–H groups in total. The molecule has 0 aromatic heterocycles. The fourth-order valence-corrected chi connectivity index (χ4v) is 3.91. The monoisotopic (exact) mass is 415 g/mol. The Morgan fingerprint density at radius 1 is 1.21 bits per heavy atom. The third-order valence-electron chi connectivity index (χ3n) is 5.52. The van der Waals surface area contributed by atoms with E-state index in [9.17, 15) is 4.79 Å². The molecule has 1 heterocycles. The summed E-state index contributed by atoms with van der Waals surface area (Å²) in [6.45, 7) is 8.87. The maximum atomic E-state index is 12.7. The van der Waals surface area contributed by atoms with E-state index in [4.69, 9.17) is 16.3 Å². The van der Waals surface area contributed by atoms with Gasteiger partial charge >= 0.3 is 0 Å². The van der Waals surface area contributed by atoms with Crippen LogP contribution in [0.5, 0.6) is 5.75 Å². The van der Waals surface area contributed by atoms with E-state index in [0.717, 1.165) is 50.6 Å². The summed E-state index contributed by atoms with van der Waals surface area (Å²) in [5, 5.41) is 3.84. The number of hydrogen-bond donors (Lipinski definition) is 1. The van der Waals surface area contributed by atoms with Crippen molar-refractivity contribution in [1.82, 2.24) is 10.2 Å². The van der Waals surface area contributed by atoms with Crippen molar-refractivity contribution in [2.24, 2.45) is 0 Å². The number of nitrogens with one attached hydrogen (secondary N) is 1. The summed E-state index contributed by atoms with van der Waals surface area (Å²) in [5.74, 6) is 0.773. The molecule has 1 aliphatic heterocycles. The lowest BCUT2D eigenvalue weighted by atomic mass is 10.1. The highest BCUT2D eigenvalue weighted by Crippen LogP contribution is 2.33. The van der Waals surface area contributed by atoms with Gasteiger partial charge in [0.15, 0.2) is 0 Å². The van der Waals surface area contributed by atoms with Crippen LogP contribution in [0.25, 0.3) is 0 Å². The van der Waals surface area contributed by atoms with Gasteiger partial charge in [0.25, 0.3) is 5.91 Å². The summed E-state index contributed by atoms with van der Waals surface area (Å²) in [6.07, 6.45) is 0.890. The number of amides is 1. The summed E-state index contributed by atoms with van der Waals surface area (Å²) in [4.78, 5) is 17.2. The Labute approximate surface area is 178 Å². The van der Waals surface area contributed by atoms with Gasteiger partial charge in [-0.3, -0.25) is 9.69 Å². The van der Waals surface area contributed by atoms with Crippen LogP contribution >= 0.6 is 11.6 Å². The van der Waals surface area contributed by atoms with Gasteiger partial charge in [-0.25, -0.2) is 0 Å². The average Bonchev–Trinajstić information content (AvgIpc) is 3.20. The van der Waals surface area contributed by atoms with Crippen molar-refractivity contribution < 1.29 is 9.53 Å². The quantitative estimate of drug-likeness (QED) is 0.701. The minimum atomic E-state index is -0.0238. The third-order valence-corrected chi connectivity index (χ3v) is 5.76. The first-order chi connectivity index (χ1) is 14.0. The van der Waals surface area contributed by atoms with Crippen molar-refractivity contribution in [3.63, 3.8) is 0 Å². The minimum absolute atomic E-state index is 0.0238. The highest BCUT2D eigenvalue weighted by molar-refractivity contribution is 6.30. The number of ether oxygens (including phenoxy) is 1. The number of hydrogen-bond acceptors (Lipinski definition) is 4. The summed E-state index contributed by atoms with van der Waals surface area (Å²) in [6, 6.07) is 13.6. The second-order valence-electron chi connectivity index (χ2n) is 7.38. The molecule has 6 heteroatoms.